The monoisotopic (exact) mass is 270 g/mol. The SMILES string of the molecule is Cl.FC(F)(F)c1nc(C23CNCC2C3)cs1. The number of fused-ring (bicyclic) bond motifs is 1. The van der Waals surface area contributed by atoms with Crippen molar-refractivity contribution in [1.29, 1.82) is 0 Å². The maximum atomic E-state index is 12.4. The van der Waals surface area contributed by atoms with E-state index in [-0.39, 0.29) is 17.8 Å². The molecule has 1 N–H and O–H groups in total. The third-order valence-electron chi connectivity index (χ3n) is 3.32. The van der Waals surface area contributed by atoms with Crippen molar-refractivity contribution < 1.29 is 13.2 Å². The molecule has 7 heteroatoms. The van der Waals surface area contributed by atoms with Crippen LogP contribution in [0.4, 0.5) is 13.2 Å². The maximum absolute atomic E-state index is 12.4. The lowest BCUT2D eigenvalue weighted by Gasteiger charge is -2.07. The van der Waals surface area contributed by atoms with Gasteiger partial charge >= 0.3 is 6.18 Å². The van der Waals surface area contributed by atoms with Gasteiger partial charge in [0.05, 0.1) is 5.69 Å². The fourth-order valence-corrected chi connectivity index (χ4v) is 3.17. The number of halogens is 4. The first-order valence-electron chi connectivity index (χ1n) is 4.76. The van der Waals surface area contributed by atoms with Gasteiger partial charge < -0.3 is 5.32 Å². The normalized spacial score (nSPS) is 32.1. The zero-order valence-corrected chi connectivity index (χ0v) is 9.81. The van der Waals surface area contributed by atoms with E-state index in [0.29, 0.717) is 22.9 Å². The highest BCUT2D eigenvalue weighted by Gasteiger charge is 2.59. The summed E-state index contributed by atoms with van der Waals surface area (Å²) in [5, 5.41) is 4.04. The summed E-state index contributed by atoms with van der Waals surface area (Å²) in [5.74, 6) is 0.501. The smallest absolute Gasteiger partial charge is 0.315 e. The lowest BCUT2D eigenvalue weighted by molar-refractivity contribution is -0.137. The molecular formula is C9H10ClF3N2S. The van der Waals surface area contributed by atoms with E-state index < -0.39 is 11.2 Å². The van der Waals surface area contributed by atoms with Crippen molar-refractivity contribution in [2.24, 2.45) is 5.92 Å². The van der Waals surface area contributed by atoms with Gasteiger partial charge in [-0.15, -0.1) is 23.7 Å². The van der Waals surface area contributed by atoms with Crippen LogP contribution in [-0.2, 0) is 11.6 Å². The molecule has 3 rings (SSSR count). The maximum Gasteiger partial charge on any atom is 0.443 e. The lowest BCUT2D eigenvalue weighted by Crippen LogP contribution is -2.19. The van der Waals surface area contributed by atoms with Gasteiger partial charge in [0.25, 0.3) is 0 Å². The van der Waals surface area contributed by atoms with Crippen molar-refractivity contribution in [3.05, 3.63) is 16.1 Å². The number of thiazole rings is 1. The molecule has 16 heavy (non-hydrogen) atoms. The van der Waals surface area contributed by atoms with Crippen LogP contribution in [0.1, 0.15) is 17.1 Å². The van der Waals surface area contributed by atoms with E-state index in [2.05, 4.69) is 10.3 Å². The minimum absolute atomic E-state index is 0. The Morgan fingerprint density at radius 3 is 2.69 bits per heavy atom. The minimum atomic E-state index is -4.30. The minimum Gasteiger partial charge on any atom is -0.315 e. The zero-order valence-electron chi connectivity index (χ0n) is 8.17. The fraction of sp³-hybridized carbons (Fsp3) is 0.667. The average molecular weight is 271 g/mol. The zero-order chi connectivity index (χ0) is 10.7. The Morgan fingerprint density at radius 2 is 2.25 bits per heavy atom. The highest BCUT2D eigenvalue weighted by molar-refractivity contribution is 7.09. The average Bonchev–Trinajstić information content (AvgIpc) is 2.63. The molecule has 2 nitrogen and oxygen atoms in total. The first-order valence-corrected chi connectivity index (χ1v) is 5.64. The molecule has 2 heterocycles. The molecule has 2 unspecified atom stereocenters. The molecule has 0 amide bonds. The molecule has 0 bridgehead atoms. The number of nitrogens with zero attached hydrogens (tertiary/aromatic N) is 1. The number of alkyl halides is 3. The number of nitrogens with one attached hydrogen (secondary N) is 1. The standard InChI is InChI=1S/C9H9F3N2S.ClH/c10-9(11,12)7-14-6(3-15-7)8-1-5(8)2-13-4-8;/h3,5,13H,1-2,4H2;1H. The summed E-state index contributed by atoms with van der Waals surface area (Å²) in [5.41, 5.74) is 0.565. The van der Waals surface area contributed by atoms with Crippen LogP contribution in [0.3, 0.4) is 0 Å². The highest BCUT2D eigenvalue weighted by Crippen LogP contribution is 2.56. The molecule has 90 valence electrons. The highest BCUT2D eigenvalue weighted by atomic mass is 35.5. The van der Waals surface area contributed by atoms with Crippen molar-refractivity contribution >= 4 is 23.7 Å². The summed E-state index contributed by atoms with van der Waals surface area (Å²) in [7, 11) is 0. The number of piperidine rings is 1. The number of aromatic nitrogens is 1. The first-order chi connectivity index (χ1) is 7.02. The van der Waals surface area contributed by atoms with Crippen LogP contribution >= 0.6 is 23.7 Å². The van der Waals surface area contributed by atoms with Crippen molar-refractivity contribution in [2.75, 3.05) is 13.1 Å². The van der Waals surface area contributed by atoms with E-state index in [0.717, 1.165) is 19.5 Å². The molecular weight excluding hydrogens is 261 g/mol. The summed E-state index contributed by atoms with van der Waals surface area (Å²) < 4.78 is 37.1. The molecule has 2 atom stereocenters. The van der Waals surface area contributed by atoms with E-state index in [4.69, 9.17) is 0 Å². The van der Waals surface area contributed by atoms with E-state index in [1.807, 2.05) is 0 Å². The Balaban J connectivity index is 0.000000963. The van der Waals surface area contributed by atoms with Crippen molar-refractivity contribution in [2.45, 2.75) is 18.0 Å². The molecule has 1 aliphatic carbocycles. The van der Waals surface area contributed by atoms with E-state index in [1.54, 1.807) is 5.38 Å². The van der Waals surface area contributed by atoms with Gasteiger partial charge in [-0.25, -0.2) is 4.98 Å². The molecule has 1 aromatic rings. The van der Waals surface area contributed by atoms with Gasteiger partial charge in [-0.3, -0.25) is 0 Å². The van der Waals surface area contributed by atoms with E-state index in [1.165, 1.54) is 0 Å². The Bertz CT molecular complexity index is 406. The van der Waals surface area contributed by atoms with Gasteiger partial charge in [0.2, 0.25) is 0 Å². The Morgan fingerprint density at radius 1 is 1.50 bits per heavy atom. The largest absolute Gasteiger partial charge is 0.443 e. The van der Waals surface area contributed by atoms with Crippen molar-refractivity contribution in [3.8, 4) is 0 Å². The molecule has 2 aliphatic rings. The van der Waals surface area contributed by atoms with Gasteiger partial charge in [0, 0.05) is 17.3 Å². The summed E-state index contributed by atoms with van der Waals surface area (Å²) >= 11 is 0.705. The van der Waals surface area contributed by atoms with Crippen LogP contribution in [0.15, 0.2) is 5.38 Å². The lowest BCUT2D eigenvalue weighted by atomic mass is 10.0. The van der Waals surface area contributed by atoms with Crippen LogP contribution in [0.2, 0.25) is 0 Å². The number of hydrogen-bond donors (Lipinski definition) is 1. The predicted molar refractivity (Wildman–Crippen MR) is 57.0 cm³/mol. The predicted octanol–water partition coefficient (Wildman–Crippen LogP) is 2.44. The summed E-state index contributed by atoms with van der Waals surface area (Å²) in [4.78, 5) is 3.73. The molecule has 0 aromatic carbocycles. The molecule has 1 saturated carbocycles. The third kappa shape index (κ3) is 1.63. The van der Waals surface area contributed by atoms with Crippen LogP contribution < -0.4 is 5.32 Å². The third-order valence-corrected chi connectivity index (χ3v) is 4.21. The van der Waals surface area contributed by atoms with E-state index in [9.17, 15) is 13.2 Å². The molecule has 1 aromatic heterocycles. The molecule has 0 radical (unpaired) electrons. The molecule has 1 saturated heterocycles. The summed E-state index contributed by atoms with van der Waals surface area (Å²) in [6, 6.07) is 0. The number of hydrogen-bond acceptors (Lipinski definition) is 3. The summed E-state index contributed by atoms with van der Waals surface area (Å²) in [6.07, 6.45) is -3.31. The van der Waals surface area contributed by atoms with Crippen molar-refractivity contribution in [1.82, 2.24) is 10.3 Å². The van der Waals surface area contributed by atoms with Crippen LogP contribution in [-0.4, -0.2) is 18.1 Å². The molecule has 1 aliphatic heterocycles. The molecule has 0 spiro atoms. The van der Waals surface area contributed by atoms with Gasteiger partial charge in [-0.2, -0.15) is 13.2 Å². The van der Waals surface area contributed by atoms with Gasteiger partial charge in [0.1, 0.15) is 0 Å². The van der Waals surface area contributed by atoms with Crippen LogP contribution in [0, 0.1) is 5.92 Å². The Hall–Kier alpha value is -0.330. The van der Waals surface area contributed by atoms with Crippen LogP contribution in [0.25, 0.3) is 0 Å². The van der Waals surface area contributed by atoms with Gasteiger partial charge in [-0.05, 0) is 18.9 Å². The van der Waals surface area contributed by atoms with Gasteiger partial charge in [0.15, 0.2) is 5.01 Å². The van der Waals surface area contributed by atoms with Crippen LogP contribution in [0.5, 0.6) is 0 Å². The number of rotatable bonds is 1. The van der Waals surface area contributed by atoms with Crippen molar-refractivity contribution in [3.63, 3.8) is 0 Å². The second-order valence-electron chi connectivity index (χ2n) is 4.22. The fourth-order valence-electron chi connectivity index (χ4n) is 2.37. The second kappa shape index (κ2) is 3.58. The molecule has 2 fully saturated rings. The van der Waals surface area contributed by atoms with E-state index >= 15 is 0 Å². The van der Waals surface area contributed by atoms with Gasteiger partial charge in [-0.1, -0.05) is 0 Å². The Kier molecular flexibility index (Phi) is 2.72. The second-order valence-corrected chi connectivity index (χ2v) is 5.08. The topological polar surface area (TPSA) is 24.9 Å². The Labute approximate surface area is 101 Å². The first kappa shape index (κ1) is 12.1. The summed E-state index contributed by atoms with van der Waals surface area (Å²) in [6.45, 7) is 1.69. The quantitative estimate of drug-likeness (QED) is 0.848.